The van der Waals surface area contributed by atoms with Gasteiger partial charge >= 0.3 is 0 Å². The normalized spacial score (nSPS) is 10.2. The third-order valence-electron chi connectivity index (χ3n) is 3.24. The van der Waals surface area contributed by atoms with Gasteiger partial charge < -0.3 is 10.6 Å². The Balaban J connectivity index is 1.91. The van der Waals surface area contributed by atoms with Crippen molar-refractivity contribution < 1.29 is 4.79 Å². The molecular weight excluding hydrogens is 262 g/mol. The second-order valence-electron chi connectivity index (χ2n) is 4.89. The van der Waals surface area contributed by atoms with Gasteiger partial charge in [-0.1, -0.05) is 6.07 Å². The van der Waals surface area contributed by atoms with E-state index in [-0.39, 0.29) is 5.91 Å². The Morgan fingerprint density at radius 1 is 1.24 bits per heavy atom. The van der Waals surface area contributed by atoms with E-state index >= 15 is 0 Å². The van der Waals surface area contributed by atoms with Crippen molar-refractivity contribution in [3.05, 3.63) is 59.4 Å². The fourth-order valence-electron chi connectivity index (χ4n) is 2.18. The van der Waals surface area contributed by atoms with Crippen molar-refractivity contribution in [2.75, 3.05) is 18.4 Å². The van der Waals surface area contributed by atoms with Crippen molar-refractivity contribution in [2.45, 2.75) is 20.3 Å². The van der Waals surface area contributed by atoms with Gasteiger partial charge in [-0.25, -0.2) is 0 Å². The molecule has 0 saturated heterocycles. The van der Waals surface area contributed by atoms with Crippen LogP contribution >= 0.6 is 0 Å². The number of pyridine rings is 1. The molecule has 2 N–H and O–H groups in total. The molecule has 2 aromatic rings. The topological polar surface area (TPSA) is 54.0 Å². The number of amides is 1. The third-order valence-corrected chi connectivity index (χ3v) is 3.24. The predicted octanol–water partition coefficient (Wildman–Crippen LogP) is 2.79. The maximum absolute atomic E-state index is 12.2. The molecule has 0 unspecified atom stereocenters. The van der Waals surface area contributed by atoms with Crippen LogP contribution in [0.4, 0.5) is 5.69 Å². The van der Waals surface area contributed by atoms with Crippen LogP contribution in [-0.2, 0) is 6.42 Å². The van der Waals surface area contributed by atoms with Crippen molar-refractivity contribution in [2.24, 2.45) is 0 Å². The van der Waals surface area contributed by atoms with Crippen LogP contribution in [0.3, 0.4) is 0 Å². The molecule has 0 aliphatic carbocycles. The minimum absolute atomic E-state index is 0.0357. The molecule has 110 valence electrons. The van der Waals surface area contributed by atoms with Gasteiger partial charge in [0.1, 0.15) is 0 Å². The summed E-state index contributed by atoms with van der Waals surface area (Å²) in [6.45, 7) is 5.46. The van der Waals surface area contributed by atoms with Crippen molar-refractivity contribution in [1.29, 1.82) is 0 Å². The van der Waals surface area contributed by atoms with Crippen LogP contribution in [0.2, 0.25) is 0 Å². The minimum Gasteiger partial charge on any atom is -0.385 e. The van der Waals surface area contributed by atoms with Crippen LogP contribution in [0.5, 0.6) is 0 Å². The average Bonchev–Trinajstić information content (AvgIpc) is 2.48. The summed E-state index contributed by atoms with van der Waals surface area (Å²) in [5.41, 5.74) is 3.72. The number of hydrogen-bond acceptors (Lipinski definition) is 3. The Bertz CT molecular complexity index is 596. The van der Waals surface area contributed by atoms with E-state index in [9.17, 15) is 4.79 Å². The fraction of sp³-hybridized carbons (Fsp3) is 0.294. The molecule has 4 nitrogen and oxygen atoms in total. The zero-order valence-electron chi connectivity index (χ0n) is 12.5. The Labute approximate surface area is 125 Å². The highest BCUT2D eigenvalue weighted by atomic mass is 16.1. The molecule has 2 rings (SSSR count). The van der Waals surface area contributed by atoms with E-state index in [0.717, 1.165) is 35.5 Å². The number of carbonyl (C=O) groups excluding carboxylic acids is 1. The molecule has 1 heterocycles. The lowest BCUT2D eigenvalue weighted by Gasteiger charge is -2.10. The first-order valence-corrected chi connectivity index (χ1v) is 7.23. The van der Waals surface area contributed by atoms with E-state index in [0.29, 0.717) is 6.54 Å². The van der Waals surface area contributed by atoms with E-state index in [2.05, 4.69) is 15.6 Å². The maximum atomic E-state index is 12.2. The van der Waals surface area contributed by atoms with Gasteiger partial charge in [-0.2, -0.15) is 0 Å². The molecule has 0 bridgehead atoms. The van der Waals surface area contributed by atoms with Gasteiger partial charge in [-0.3, -0.25) is 9.78 Å². The van der Waals surface area contributed by atoms with Gasteiger partial charge in [0.2, 0.25) is 0 Å². The Morgan fingerprint density at radius 2 is 2.10 bits per heavy atom. The smallest absolute Gasteiger partial charge is 0.251 e. The zero-order chi connectivity index (χ0) is 15.1. The highest BCUT2D eigenvalue weighted by molar-refractivity contribution is 5.96. The molecule has 0 aliphatic rings. The number of anilines is 1. The second kappa shape index (κ2) is 7.43. The quantitative estimate of drug-likeness (QED) is 0.857. The van der Waals surface area contributed by atoms with E-state index in [4.69, 9.17) is 0 Å². The number of carbonyl (C=O) groups is 1. The van der Waals surface area contributed by atoms with E-state index < -0.39 is 0 Å². The molecule has 0 radical (unpaired) electrons. The Morgan fingerprint density at radius 3 is 2.76 bits per heavy atom. The first-order chi connectivity index (χ1) is 10.2. The van der Waals surface area contributed by atoms with Crippen LogP contribution < -0.4 is 10.6 Å². The number of benzene rings is 1. The summed E-state index contributed by atoms with van der Waals surface area (Å²) in [7, 11) is 0. The van der Waals surface area contributed by atoms with Crippen molar-refractivity contribution in [1.82, 2.24) is 10.3 Å². The lowest BCUT2D eigenvalue weighted by molar-refractivity contribution is 0.0953. The first kappa shape index (κ1) is 15.0. The highest BCUT2D eigenvalue weighted by Gasteiger charge is 2.08. The van der Waals surface area contributed by atoms with E-state index in [1.54, 1.807) is 6.20 Å². The van der Waals surface area contributed by atoms with Gasteiger partial charge in [0, 0.05) is 42.7 Å². The molecule has 0 atom stereocenters. The molecule has 0 saturated carbocycles. The van der Waals surface area contributed by atoms with Crippen LogP contribution in [0.25, 0.3) is 0 Å². The Kier molecular flexibility index (Phi) is 5.32. The molecule has 0 fully saturated rings. The predicted molar refractivity (Wildman–Crippen MR) is 85.6 cm³/mol. The first-order valence-electron chi connectivity index (χ1n) is 7.23. The summed E-state index contributed by atoms with van der Waals surface area (Å²) in [6, 6.07) is 11.6. The zero-order valence-corrected chi connectivity index (χ0v) is 12.5. The number of aryl methyl sites for hydroxylation is 1. The van der Waals surface area contributed by atoms with Crippen molar-refractivity contribution >= 4 is 11.6 Å². The van der Waals surface area contributed by atoms with Crippen molar-refractivity contribution in [3.8, 4) is 0 Å². The highest BCUT2D eigenvalue weighted by Crippen LogP contribution is 2.15. The van der Waals surface area contributed by atoms with Crippen LogP contribution in [0, 0.1) is 6.92 Å². The summed E-state index contributed by atoms with van der Waals surface area (Å²) in [6.07, 6.45) is 2.50. The van der Waals surface area contributed by atoms with Gasteiger partial charge in [-0.05, 0) is 49.7 Å². The SMILES string of the molecule is CCNc1ccc(C(=O)NCCc2ccccn2)c(C)c1. The Hall–Kier alpha value is -2.36. The summed E-state index contributed by atoms with van der Waals surface area (Å²) in [5.74, 6) is -0.0357. The lowest BCUT2D eigenvalue weighted by Crippen LogP contribution is -2.26. The molecule has 21 heavy (non-hydrogen) atoms. The van der Waals surface area contributed by atoms with Gasteiger partial charge in [0.25, 0.3) is 5.91 Å². The number of nitrogens with one attached hydrogen (secondary N) is 2. The summed E-state index contributed by atoms with van der Waals surface area (Å²) in [4.78, 5) is 16.4. The van der Waals surface area contributed by atoms with Crippen LogP contribution in [0.1, 0.15) is 28.5 Å². The average molecular weight is 283 g/mol. The maximum Gasteiger partial charge on any atom is 0.251 e. The molecular formula is C17H21N3O. The van der Waals surface area contributed by atoms with Crippen LogP contribution in [-0.4, -0.2) is 24.0 Å². The van der Waals surface area contributed by atoms with Gasteiger partial charge in [0.15, 0.2) is 0 Å². The number of hydrogen-bond donors (Lipinski definition) is 2. The molecule has 4 heteroatoms. The van der Waals surface area contributed by atoms with E-state index in [1.807, 2.05) is 50.2 Å². The molecule has 0 aliphatic heterocycles. The molecule has 1 aromatic carbocycles. The molecule has 1 amide bonds. The molecule has 1 aromatic heterocycles. The third kappa shape index (κ3) is 4.31. The monoisotopic (exact) mass is 283 g/mol. The number of aromatic nitrogens is 1. The van der Waals surface area contributed by atoms with E-state index in [1.165, 1.54) is 0 Å². The molecule has 0 spiro atoms. The van der Waals surface area contributed by atoms with Gasteiger partial charge in [0.05, 0.1) is 0 Å². The fourth-order valence-corrected chi connectivity index (χ4v) is 2.18. The van der Waals surface area contributed by atoms with Gasteiger partial charge in [-0.15, -0.1) is 0 Å². The second-order valence-corrected chi connectivity index (χ2v) is 4.89. The lowest BCUT2D eigenvalue weighted by atomic mass is 10.1. The van der Waals surface area contributed by atoms with Crippen LogP contribution in [0.15, 0.2) is 42.6 Å². The summed E-state index contributed by atoms with van der Waals surface area (Å²) < 4.78 is 0. The largest absolute Gasteiger partial charge is 0.385 e. The summed E-state index contributed by atoms with van der Waals surface area (Å²) in [5, 5.41) is 6.18. The standard InChI is InChI=1S/C17H21N3O/c1-3-18-15-7-8-16(13(2)12-15)17(21)20-11-9-14-6-4-5-10-19-14/h4-8,10,12,18H,3,9,11H2,1-2H3,(H,20,21). The summed E-state index contributed by atoms with van der Waals surface area (Å²) >= 11 is 0. The number of nitrogens with zero attached hydrogens (tertiary/aromatic N) is 1. The minimum atomic E-state index is -0.0357. The number of rotatable bonds is 6. The van der Waals surface area contributed by atoms with Crippen molar-refractivity contribution in [3.63, 3.8) is 0 Å².